The van der Waals surface area contributed by atoms with Crippen LogP contribution in [0.2, 0.25) is 0 Å². The van der Waals surface area contributed by atoms with Crippen LogP contribution in [0.15, 0.2) is 46.9 Å². The van der Waals surface area contributed by atoms with Crippen molar-refractivity contribution >= 4 is 56.0 Å². The molecule has 5 nitrogen and oxygen atoms in total. The molecule has 0 saturated heterocycles. The van der Waals surface area contributed by atoms with E-state index in [9.17, 15) is 9.59 Å². The van der Waals surface area contributed by atoms with Crippen LogP contribution in [-0.4, -0.2) is 22.0 Å². The van der Waals surface area contributed by atoms with Crippen LogP contribution in [0.5, 0.6) is 0 Å². The predicted octanol–water partition coefficient (Wildman–Crippen LogP) is 5.86. The number of carboxylic acid groups (broad SMARTS) is 1. The number of para-hydroxylation sites is 1. The summed E-state index contributed by atoms with van der Waals surface area (Å²) < 4.78 is 0.955. The van der Waals surface area contributed by atoms with E-state index >= 15 is 0 Å². The van der Waals surface area contributed by atoms with Gasteiger partial charge in [-0.3, -0.25) is 9.59 Å². The molecule has 150 valence electrons. The Morgan fingerprint density at radius 3 is 2.69 bits per heavy atom. The van der Waals surface area contributed by atoms with Gasteiger partial charge in [-0.15, -0.1) is 0 Å². The van der Waals surface area contributed by atoms with Crippen LogP contribution in [0.4, 0.5) is 5.69 Å². The van der Waals surface area contributed by atoms with Gasteiger partial charge in [-0.2, -0.15) is 0 Å². The molecule has 3 N–H and O–H groups in total. The maximum Gasteiger partial charge on any atom is 0.303 e. The normalized spacial score (nSPS) is 13.8. The molecule has 1 amide bonds. The number of aryl methyl sites for hydroxylation is 1. The number of fused-ring (bicyclic) bond motifs is 2. The van der Waals surface area contributed by atoms with Crippen molar-refractivity contribution in [3.05, 3.63) is 63.8 Å². The number of aliphatic carboxylic acids is 1. The molecule has 0 atom stereocenters. The van der Waals surface area contributed by atoms with Crippen LogP contribution >= 0.6 is 15.9 Å². The van der Waals surface area contributed by atoms with E-state index in [0.29, 0.717) is 18.4 Å². The van der Waals surface area contributed by atoms with Gasteiger partial charge in [-0.05, 0) is 48.7 Å². The molecule has 29 heavy (non-hydrogen) atoms. The Balaban J connectivity index is 0.00000117. The van der Waals surface area contributed by atoms with Crippen molar-refractivity contribution in [2.75, 3.05) is 5.32 Å². The molecule has 0 spiro atoms. The van der Waals surface area contributed by atoms with Crippen molar-refractivity contribution in [3.8, 4) is 0 Å². The third-order valence-electron chi connectivity index (χ3n) is 4.72. The molecule has 1 aromatic heterocycles. The Hall–Kier alpha value is -2.86. The fourth-order valence-corrected chi connectivity index (χ4v) is 3.84. The second kappa shape index (κ2) is 9.09. The highest BCUT2D eigenvalue weighted by molar-refractivity contribution is 9.10. The van der Waals surface area contributed by atoms with E-state index in [-0.39, 0.29) is 12.3 Å². The first-order valence-corrected chi connectivity index (χ1v) is 10.5. The third kappa shape index (κ3) is 4.43. The van der Waals surface area contributed by atoms with E-state index < -0.39 is 5.97 Å². The minimum atomic E-state index is -0.806. The number of carboxylic acids is 1. The Morgan fingerprint density at radius 1 is 1.17 bits per heavy atom. The largest absolute Gasteiger partial charge is 0.481 e. The SMILES string of the molecule is CC.O=C(O)CCCc1c(/C=C2\C(=O)Nc3ccccc32)[nH]c2ccc(Br)cc12. The number of benzene rings is 2. The second-order valence-corrected chi connectivity index (χ2v) is 7.43. The fraction of sp³-hybridized carbons (Fsp3) is 0.217. The number of carbonyl (C=O) groups is 2. The molecule has 2 aromatic carbocycles. The lowest BCUT2D eigenvalue weighted by molar-refractivity contribution is -0.137. The summed E-state index contributed by atoms with van der Waals surface area (Å²) in [7, 11) is 0. The van der Waals surface area contributed by atoms with Gasteiger partial charge in [-0.25, -0.2) is 0 Å². The van der Waals surface area contributed by atoms with E-state index in [1.165, 1.54) is 0 Å². The van der Waals surface area contributed by atoms with Gasteiger partial charge < -0.3 is 15.4 Å². The first kappa shape index (κ1) is 20.9. The molecular weight excluding hydrogens is 432 g/mol. The van der Waals surface area contributed by atoms with E-state index in [1.807, 2.05) is 62.4 Å². The van der Waals surface area contributed by atoms with Gasteiger partial charge in [0.2, 0.25) is 0 Å². The summed E-state index contributed by atoms with van der Waals surface area (Å²) in [4.78, 5) is 26.7. The monoisotopic (exact) mass is 454 g/mol. The molecule has 0 radical (unpaired) electrons. The van der Waals surface area contributed by atoms with Gasteiger partial charge in [0.1, 0.15) is 0 Å². The standard InChI is InChI=1S/C21H17BrN2O3.C2H6/c22-12-8-9-18-15(10-12)13(5-3-7-20(25)26)19(23-18)11-16-14-4-1-2-6-17(14)24-21(16)27;1-2/h1-2,4,6,8-11,23H,3,5,7H2,(H,24,27)(H,25,26);1-2H3/b16-11-;. The van der Waals surface area contributed by atoms with Crippen LogP contribution in [-0.2, 0) is 16.0 Å². The number of carbonyl (C=O) groups excluding carboxylic acids is 1. The van der Waals surface area contributed by atoms with Crippen LogP contribution in [0.3, 0.4) is 0 Å². The molecule has 0 aliphatic carbocycles. The van der Waals surface area contributed by atoms with Gasteiger partial charge in [0, 0.05) is 38.7 Å². The van der Waals surface area contributed by atoms with Crippen molar-refractivity contribution in [1.29, 1.82) is 0 Å². The number of hydrogen-bond acceptors (Lipinski definition) is 2. The molecular formula is C23H23BrN2O3. The van der Waals surface area contributed by atoms with Gasteiger partial charge in [0.15, 0.2) is 0 Å². The Labute approximate surface area is 178 Å². The molecule has 2 heterocycles. The quantitative estimate of drug-likeness (QED) is 0.422. The predicted molar refractivity (Wildman–Crippen MR) is 121 cm³/mol. The van der Waals surface area contributed by atoms with Crippen molar-refractivity contribution in [3.63, 3.8) is 0 Å². The molecule has 3 aromatic rings. The zero-order valence-corrected chi connectivity index (χ0v) is 18.0. The number of anilines is 1. The summed E-state index contributed by atoms with van der Waals surface area (Å²) in [5, 5.41) is 12.9. The third-order valence-corrected chi connectivity index (χ3v) is 5.21. The number of halogens is 1. The molecule has 0 unspecified atom stereocenters. The van der Waals surface area contributed by atoms with E-state index in [0.717, 1.165) is 37.9 Å². The molecule has 1 aliphatic heterocycles. The number of aromatic amines is 1. The lowest BCUT2D eigenvalue weighted by Gasteiger charge is -2.03. The highest BCUT2D eigenvalue weighted by Gasteiger charge is 2.24. The minimum Gasteiger partial charge on any atom is -0.481 e. The van der Waals surface area contributed by atoms with Crippen LogP contribution in [0, 0.1) is 0 Å². The summed E-state index contributed by atoms with van der Waals surface area (Å²) in [6, 6.07) is 13.5. The van der Waals surface area contributed by atoms with E-state index in [4.69, 9.17) is 5.11 Å². The Kier molecular flexibility index (Phi) is 6.54. The summed E-state index contributed by atoms with van der Waals surface area (Å²) in [6.45, 7) is 4.00. The van der Waals surface area contributed by atoms with E-state index in [2.05, 4.69) is 26.2 Å². The zero-order chi connectivity index (χ0) is 21.0. The molecule has 0 fully saturated rings. The molecule has 0 saturated carbocycles. The summed E-state index contributed by atoms with van der Waals surface area (Å²) in [5.74, 6) is -0.937. The van der Waals surface area contributed by atoms with Crippen molar-refractivity contribution in [2.45, 2.75) is 33.1 Å². The maximum atomic E-state index is 12.4. The number of amides is 1. The zero-order valence-electron chi connectivity index (χ0n) is 16.4. The van der Waals surface area contributed by atoms with E-state index in [1.54, 1.807) is 0 Å². The Morgan fingerprint density at radius 2 is 1.93 bits per heavy atom. The molecule has 0 bridgehead atoms. The molecule has 4 rings (SSSR count). The minimum absolute atomic E-state index is 0.111. The summed E-state index contributed by atoms with van der Waals surface area (Å²) >= 11 is 3.50. The smallest absolute Gasteiger partial charge is 0.303 e. The number of H-pyrrole nitrogens is 1. The number of hydrogen-bond donors (Lipinski definition) is 3. The number of nitrogens with one attached hydrogen (secondary N) is 2. The first-order valence-electron chi connectivity index (χ1n) is 9.67. The van der Waals surface area contributed by atoms with Crippen LogP contribution in [0.1, 0.15) is 43.5 Å². The number of aromatic nitrogens is 1. The molecule has 6 heteroatoms. The number of rotatable bonds is 5. The lowest BCUT2D eigenvalue weighted by atomic mass is 10.0. The molecule has 1 aliphatic rings. The lowest BCUT2D eigenvalue weighted by Crippen LogP contribution is -2.04. The second-order valence-electron chi connectivity index (χ2n) is 6.51. The van der Waals surface area contributed by atoms with Crippen molar-refractivity contribution in [2.24, 2.45) is 0 Å². The van der Waals surface area contributed by atoms with Gasteiger partial charge in [0.05, 0.1) is 5.57 Å². The van der Waals surface area contributed by atoms with Crippen LogP contribution < -0.4 is 5.32 Å². The highest BCUT2D eigenvalue weighted by Crippen LogP contribution is 2.35. The van der Waals surface area contributed by atoms with Crippen molar-refractivity contribution in [1.82, 2.24) is 4.98 Å². The average molecular weight is 455 g/mol. The first-order chi connectivity index (χ1) is 14.0. The topological polar surface area (TPSA) is 82.2 Å². The highest BCUT2D eigenvalue weighted by atomic mass is 79.9. The van der Waals surface area contributed by atoms with Crippen LogP contribution in [0.25, 0.3) is 22.6 Å². The summed E-state index contributed by atoms with van der Waals surface area (Å²) in [5.41, 5.74) is 5.12. The fourth-order valence-electron chi connectivity index (χ4n) is 3.48. The van der Waals surface area contributed by atoms with Crippen molar-refractivity contribution < 1.29 is 14.7 Å². The summed E-state index contributed by atoms with van der Waals surface area (Å²) in [6.07, 6.45) is 3.13. The van der Waals surface area contributed by atoms with Gasteiger partial charge in [-0.1, -0.05) is 48.0 Å². The van der Waals surface area contributed by atoms with Gasteiger partial charge >= 0.3 is 5.97 Å². The Bertz CT molecular complexity index is 1100. The average Bonchev–Trinajstić information content (AvgIpc) is 3.21. The maximum absolute atomic E-state index is 12.4. The van der Waals surface area contributed by atoms with Gasteiger partial charge in [0.25, 0.3) is 5.91 Å².